The molecule has 1 fully saturated rings. The van der Waals surface area contributed by atoms with Gasteiger partial charge in [0.1, 0.15) is 0 Å². The van der Waals surface area contributed by atoms with Gasteiger partial charge < -0.3 is 10.0 Å². The van der Waals surface area contributed by atoms with Gasteiger partial charge in [-0.25, -0.2) is 0 Å². The monoisotopic (exact) mass is 286 g/mol. The number of pyridine rings is 1. The predicted octanol–water partition coefficient (Wildman–Crippen LogP) is 0.633. The van der Waals surface area contributed by atoms with Crippen LogP contribution in [0.5, 0.6) is 0 Å². The number of likely N-dealkylation sites (tertiary alicyclic amines) is 1. The molecule has 0 radical (unpaired) electrons. The largest absolute Gasteiger partial charge is 0.391 e. The van der Waals surface area contributed by atoms with E-state index in [-0.39, 0.29) is 11.9 Å². The third-order valence-corrected chi connectivity index (χ3v) is 3.90. The number of hydrogen-bond donors (Lipinski definition) is 1. The van der Waals surface area contributed by atoms with Crippen molar-refractivity contribution < 1.29 is 9.90 Å². The Morgan fingerprint density at radius 2 is 2.19 bits per heavy atom. The topological polar surface area (TPSA) is 71.2 Å². The quantitative estimate of drug-likeness (QED) is 0.898. The summed E-state index contributed by atoms with van der Waals surface area (Å²) in [5, 5.41) is 14.3. The summed E-state index contributed by atoms with van der Waals surface area (Å²) in [5.74, 6) is -0.0529. The Morgan fingerprint density at radius 1 is 1.43 bits per heavy atom. The smallest absolute Gasteiger partial charge is 0.254 e. The van der Waals surface area contributed by atoms with Crippen molar-refractivity contribution in [2.75, 3.05) is 6.54 Å². The SMILES string of the molecule is Cn1cc(C[C@@H]2[C@H](O)CCN2C(=O)c2ccncc2)cn1. The summed E-state index contributed by atoms with van der Waals surface area (Å²) in [6, 6.07) is 3.21. The van der Waals surface area contributed by atoms with E-state index in [1.54, 1.807) is 40.3 Å². The fraction of sp³-hybridized carbons (Fsp3) is 0.400. The van der Waals surface area contributed by atoms with E-state index in [0.29, 0.717) is 24.9 Å². The number of aryl methyl sites for hydroxylation is 1. The Labute approximate surface area is 123 Å². The number of amides is 1. The van der Waals surface area contributed by atoms with Gasteiger partial charge in [-0.15, -0.1) is 0 Å². The number of aromatic nitrogens is 3. The van der Waals surface area contributed by atoms with Crippen molar-refractivity contribution in [3.05, 3.63) is 48.0 Å². The van der Waals surface area contributed by atoms with E-state index in [9.17, 15) is 9.90 Å². The van der Waals surface area contributed by atoms with E-state index in [2.05, 4.69) is 10.1 Å². The summed E-state index contributed by atoms with van der Waals surface area (Å²) in [7, 11) is 1.86. The van der Waals surface area contributed by atoms with Crippen LogP contribution >= 0.6 is 0 Å². The van der Waals surface area contributed by atoms with Crippen LogP contribution in [0.15, 0.2) is 36.9 Å². The fourth-order valence-corrected chi connectivity index (χ4v) is 2.81. The summed E-state index contributed by atoms with van der Waals surface area (Å²) >= 11 is 0. The number of rotatable bonds is 3. The number of carbonyl (C=O) groups excluding carboxylic acids is 1. The van der Waals surface area contributed by atoms with Crippen LogP contribution in [0.2, 0.25) is 0 Å². The van der Waals surface area contributed by atoms with E-state index < -0.39 is 6.10 Å². The normalized spacial score (nSPS) is 21.7. The lowest BCUT2D eigenvalue weighted by atomic mass is 10.0. The van der Waals surface area contributed by atoms with Crippen LogP contribution in [-0.4, -0.2) is 49.4 Å². The molecular formula is C15H18N4O2. The average Bonchev–Trinajstić information content (AvgIpc) is 3.07. The first kappa shape index (κ1) is 13.8. The van der Waals surface area contributed by atoms with Crippen molar-refractivity contribution in [2.24, 2.45) is 7.05 Å². The van der Waals surface area contributed by atoms with Gasteiger partial charge in [0.2, 0.25) is 0 Å². The molecule has 1 aliphatic rings. The molecule has 1 saturated heterocycles. The Kier molecular flexibility index (Phi) is 3.70. The highest BCUT2D eigenvalue weighted by Gasteiger charge is 2.36. The maximum atomic E-state index is 12.6. The molecule has 2 atom stereocenters. The summed E-state index contributed by atoms with van der Waals surface area (Å²) in [5.41, 5.74) is 1.63. The van der Waals surface area contributed by atoms with Crippen molar-refractivity contribution in [3.63, 3.8) is 0 Å². The summed E-state index contributed by atoms with van der Waals surface area (Å²) in [6.07, 6.45) is 7.65. The Balaban J connectivity index is 1.79. The van der Waals surface area contributed by atoms with E-state index in [1.807, 2.05) is 13.2 Å². The van der Waals surface area contributed by atoms with Crippen LogP contribution in [0, 0.1) is 0 Å². The summed E-state index contributed by atoms with van der Waals surface area (Å²) < 4.78 is 1.73. The molecule has 0 unspecified atom stereocenters. The number of carbonyl (C=O) groups is 1. The lowest BCUT2D eigenvalue weighted by molar-refractivity contribution is 0.0640. The van der Waals surface area contributed by atoms with Gasteiger partial charge in [-0.05, 0) is 30.5 Å². The molecule has 0 aliphatic carbocycles. The van der Waals surface area contributed by atoms with Gasteiger partial charge >= 0.3 is 0 Å². The zero-order valence-electron chi connectivity index (χ0n) is 11.9. The standard InChI is InChI=1S/C15H18N4O2/c1-18-10-11(9-17-18)8-13-14(20)4-7-19(13)15(21)12-2-5-16-6-3-12/h2-3,5-6,9-10,13-14,20H,4,7-8H2,1H3/t13-,14-/m1/s1. The highest BCUT2D eigenvalue weighted by molar-refractivity contribution is 5.94. The van der Waals surface area contributed by atoms with Crippen LogP contribution < -0.4 is 0 Å². The van der Waals surface area contributed by atoms with Crippen LogP contribution in [0.3, 0.4) is 0 Å². The Hall–Kier alpha value is -2.21. The van der Waals surface area contributed by atoms with Gasteiger partial charge in [-0.1, -0.05) is 0 Å². The van der Waals surface area contributed by atoms with E-state index in [4.69, 9.17) is 0 Å². The van der Waals surface area contributed by atoms with Gasteiger partial charge in [0.25, 0.3) is 5.91 Å². The van der Waals surface area contributed by atoms with Gasteiger partial charge in [0.05, 0.1) is 18.3 Å². The molecule has 6 heteroatoms. The molecule has 21 heavy (non-hydrogen) atoms. The highest BCUT2D eigenvalue weighted by atomic mass is 16.3. The van der Waals surface area contributed by atoms with Gasteiger partial charge in [-0.3, -0.25) is 14.5 Å². The van der Waals surface area contributed by atoms with Gasteiger partial charge in [0, 0.05) is 37.7 Å². The predicted molar refractivity (Wildman–Crippen MR) is 76.6 cm³/mol. The minimum atomic E-state index is -0.490. The summed E-state index contributed by atoms with van der Waals surface area (Å²) in [4.78, 5) is 18.2. The molecule has 6 nitrogen and oxygen atoms in total. The second kappa shape index (κ2) is 5.65. The lowest BCUT2D eigenvalue weighted by Crippen LogP contribution is -2.41. The third kappa shape index (κ3) is 2.80. The second-order valence-electron chi connectivity index (χ2n) is 5.38. The summed E-state index contributed by atoms with van der Waals surface area (Å²) in [6.45, 7) is 0.577. The Morgan fingerprint density at radius 3 is 2.86 bits per heavy atom. The zero-order chi connectivity index (χ0) is 14.8. The molecule has 0 bridgehead atoms. The second-order valence-corrected chi connectivity index (χ2v) is 5.38. The molecular weight excluding hydrogens is 268 g/mol. The molecule has 1 amide bonds. The molecule has 110 valence electrons. The molecule has 1 aliphatic heterocycles. The first-order valence-electron chi connectivity index (χ1n) is 7.02. The number of aliphatic hydroxyl groups excluding tert-OH is 1. The first-order chi connectivity index (χ1) is 10.1. The molecule has 0 spiro atoms. The van der Waals surface area contributed by atoms with Crippen LogP contribution in [-0.2, 0) is 13.5 Å². The van der Waals surface area contributed by atoms with Gasteiger partial charge in [0.15, 0.2) is 0 Å². The van der Waals surface area contributed by atoms with Gasteiger partial charge in [-0.2, -0.15) is 5.10 Å². The van der Waals surface area contributed by atoms with Crippen molar-refractivity contribution in [1.29, 1.82) is 0 Å². The van der Waals surface area contributed by atoms with Crippen molar-refractivity contribution >= 4 is 5.91 Å². The molecule has 2 aromatic heterocycles. The van der Waals surface area contributed by atoms with E-state index in [0.717, 1.165) is 5.56 Å². The van der Waals surface area contributed by atoms with Crippen LogP contribution in [0.4, 0.5) is 0 Å². The Bertz CT molecular complexity index is 626. The number of aliphatic hydroxyl groups is 1. The molecule has 2 aromatic rings. The maximum absolute atomic E-state index is 12.6. The lowest BCUT2D eigenvalue weighted by Gasteiger charge is -2.26. The molecule has 0 aromatic carbocycles. The van der Waals surface area contributed by atoms with Crippen LogP contribution in [0.1, 0.15) is 22.3 Å². The van der Waals surface area contributed by atoms with Crippen molar-refractivity contribution in [2.45, 2.75) is 25.0 Å². The third-order valence-electron chi connectivity index (χ3n) is 3.90. The number of nitrogens with zero attached hydrogens (tertiary/aromatic N) is 4. The highest BCUT2D eigenvalue weighted by Crippen LogP contribution is 2.23. The molecule has 3 rings (SSSR count). The average molecular weight is 286 g/mol. The fourth-order valence-electron chi connectivity index (χ4n) is 2.81. The number of hydrogen-bond acceptors (Lipinski definition) is 4. The van der Waals surface area contributed by atoms with Crippen molar-refractivity contribution in [3.8, 4) is 0 Å². The molecule has 3 heterocycles. The van der Waals surface area contributed by atoms with Crippen molar-refractivity contribution in [1.82, 2.24) is 19.7 Å². The zero-order valence-corrected chi connectivity index (χ0v) is 11.9. The molecule has 0 saturated carbocycles. The molecule has 1 N–H and O–H groups in total. The first-order valence-corrected chi connectivity index (χ1v) is 7.02. The van der Waals surface area contributed by atoms with E-state index in [1.165, 1.54) is 0 Å². The minimum absolute atomic E-state index is 0.0529. The van der Waals surface area contributed by atoms with Crippen LogP contribution in [0.25, 0.3) is 0 Å². The van der Waals surface area contributed by atoms with E-state index >= 15 is 0 Å². The minimum Gasteiger partial charge on any atom is -0.391 e. The maximum Gasteiger partial charge on any atom is 0.254 e.